The Bertz CT molecular complexity index is 286. The second-order valence-electron chi connectivity index (χ2n) is 3.70. The molecule has 1 saturated carbocycles. The molecule has 0 spiro atoms. The van der Waals surface area contributed by atoms with E-state index in [1.807, 2.05) is 7.05 Å². The van der Waals surface area contributed by atoms with Gasteiger partial charge in [0.15, 0.2) is 5.82 Å². The van der Waals surface area contributed by atoms with Gasteiger partial charge in [0.1, 0.15) is 5.82 Å². The summed E-state index contributed by atoms with van der Waals surface area (Å²) in [6, 6.07) is 0. The van der Waals surface area contributed by atoms with Gasteiger partial charge in [-0.2, -0.15) is 5.10 Å². The number of nitrogens with zero attached hydrogens (tertiary/aromatic N) is 3. The average Bonchev–Trinajstić information content (AvgIpc) is 2.71. The number of aromatic nitrogens is 3. The first-order valence-electron chi connectivity index (χ1n) is 4.91. The van der Waals surface area contributed by atoms with Gasteiger partial charge in [-0.1, -0.05) is 12.8 Å². The number of aryl methyl sites for hydroxylation is 1. The van der Waals surface area contributed by atoms with Gasteiger partial charge in [-0.05, 0) is 12.8 Å². The summed E-state index contributed by atoms with van der Waals surface area (Å²) >= 11 is 0. The Labute approximate surface area is 78.1 Å². The molecule has 1 aliphatic carbocycles. The second kappa shape index (κ2) is 3.46. The maximum atomic E-state index is 5.54. The highest BCUT2D eigenvalue weighted by Gasteiger charge is 2.21. The van der Waals surface area contributed by atoms with E-state index in [1.54, 1.807) is 4.68 Å². The fourth-order valence-corrected chi connectivity index (χ4v) is 1.97. The van der Waals surface area contributed by atoms with Gasteiger partial charge >= 0.3 is 0 Å². The lowest BCUT2D eigenvalue weighted by Crippen LogP contribution is -2.05. The van der Waals surface area contributed by atoms with Crippen LogP contribution < -0.4 is 5.73 Å². The molecule has 2 N–H and O–H groups in total. The van der Waals surface area contributed by atoms with Crippen molar-refractivity contribution in [2.45, 2.75) is 38.1 Å². The van der Waals surface area contributed by atoms with E-state index in [0.717, 1.165) is 11.6 Å². The van der Waals surface area contributed by atoms with Gasteiger partial charge in [-0.25, -0.2) is 4.98 Å². The van der Waals surface area contributed by atoms with Crippen LogP contribution in [0.2, 0.25) is 0 Å². The molecule has 0 saturated heterocycles. The van der Waals surface area contributed by atoms with E-state index in [0.29, 0.717) is 12.5 Å². The van der Waals surface area contributed by atoms with E-state index in [2.05, 4.69) is 10.1 Å². The molecule has 0 aliphatic heterocycles. The zero-order valence-corrected chi connectivity index (χ0v) is 8.03. The zero-order valence-electron chi connectivity index (χ0n) is 8.03. The van der Waals surface area contributed by atoms with Gasteiger partial charge in [0.05, 0.1) is 6.54 Å². The molecule has 1 fully saturated rings. The van der Waals surface area contributed by atoms with Crippen molar-refractivity contribution in [2.75, 3.05) is 0 Å². The van der Waals surface area contributed by atoms with Gasteiger partial charge in [-0.3, -0.25) is 4.68 Å². The molecule has 1 aromatic heterocycles. The predicted molar refractivity (Wildman–Crippen MR) is 50.1 cm³/mol. The monoisotopic (exact) mass is 180 g/mol. The summed E-state index contributed by atoms with van der Waals surface area (Å²) in [5, 5.41) is 4.39. The van der Waals surface area contributed by atoms with Gasteiger partial charge in [-0.15, -0.1) is 0 Å². The van der Waals surface area contributed by atoms with Gasteiger partial charge in [0, 0.05) is 13.0 Å². The van der Waals surface area contributed by atoms with E-state index >= 15 is 0 Å². The first-order chi connectivity index (χ1) is 6.31. The molecule has 1 aromatic rings. The maximum Gasteiger partial charge on any atom is 0.154 e. The van der Waals surface area contributed by atoms with Crippen LogP contribution in [-0.4, -0.2) is 14.8 Å². The molecule has 4 nitrogen and oxygen atoms in total. The molecule has 2 rings (SSSR count). The van der Waals surface area contributed by atoms with E-state index in [1.165, 1.54) is 25.7 Å². The molecular formula is C9H16N4. The second-order valence-corrected chi connectivity index (χ2v) is 3.70. The predicted octanol–water partition coefficient (Wildman–Crippen LogP) is 0.931. The van der Waals surface area contributed by atoms with Crippen molar-refractivity contribution in [2.24, 2.45) is 12.8 Å². The summed E-state index contributed by atoms with van der Waals surface area (Å²) < 4.78 is 1.80. The minimum atomic E-state index is 0.482. The molecule has 1 aliphatic rings. The molecule has 4 heteroatoms. The van der Waals surface area contributed by atoms with Crippen LogP contribution in [0.5, 0.6) is 0 Å². The Morgan fingerprint density at radius 2 is 2.15 bits per heavy atom. The summed E-state index contributed by atoms with van der Waals surface area (Å²) in [6.07, 6.45) is 5.13. The SMILES string of the molecule is Cn1nc(C2CCCC2)nc1CN. The van der Waals surface area contributed by atoms with Gasteiger partial charge < -0.3 is 5.73 Å². The van der Waals surface area contributed by atoms with Crippen LogP contribution in [0.3, 0.4) is 0 Å². The molecule has 72 valence electrons. The summed E-state index contributed by atoms with van der Waals surface area (Å²) in [7, 11) is 1.91. The zero-order chi connectivity index (χ0) is 9.26. The molecule has 13 heavy (non-hydrogen) atoms. The van der Waals surface area contributed by atoms with E-state index in [4.69, 9.17) is 5.73 Å². The molecule has 0 amide bonds. The third-order valence-corrected chi connectivity index (χ3v) is 2.77. The van der Waals surface area contributed by atoms with Gasteiger partial charge in [0.25, 0.3) is 0 Å². The number of hydrogen-bond acceptors (Lipinski definition) is 3. The fourth-order valence-electron chi connectivity index (χ4n) is 1.97. The third-order valence-electron chi connectivity index (χ3n) is 2.77. The lowest BCUT2D eigenvalue weighted by atomic mass is 10.1. The maximum absolute atomic E-state index is 5.54. The molecule has 1 heterocycles. The largest absolute Gasteiger partial charge is 0.324 e. The van der Waals surface area contributed by atoms with Crippen LogP contribution in [0.25, 0.3) is 0 Å². The Morgan fingerprint density at radius 3 is 2.69 bits per heavy atom. The van der Waals surface area contributed by atoms with E-state index in [9.17, 15) is 0 Å². The number of rotatable bonds is 2. The normalized spacial score (nSPS) is 18.3. The minimum Gasteiger partial charge on any atom is -0.324 e. The lowest BCUT2D eigenvalue weighted by Gasteiger charge is -2.00. The van der Waals surface area contributed by atoms with Crippen LogP contribution in [0.4, 0.5) is 0 Å². The summed E-state index contributed by atoms with van der Waals surface area (Å²) in [6.45, 7) is 0.482. The van der Waals surface area contributed by atoms with Crippen molar-refractivity contribution in [3.8, 4) is 0 Å². The van der Waals surface area contributed by atoms with Crippen molar-refractivity contribution in [3.63, 3.8) is 0 Å². The van der Waals surface area contributed by atoms with Crippen LogP contribution in [0, 0.1) is 0 Å². The fraction of sp³-hybridized carbons (Fsp3) is 0.778. The molecule has 0 atom stereocenters. The Morgan fingerprint density at radius 1 is 1.46 bits per heavy atom. The summed E-state index contributed by atoms with van der Waals surface area (Å²) in [4.78, 5) is 4.44. The first kappa shape index (κ1) is 8.69. The van der Waals surface area contributed by atoms with Crippen LogP contribution in [0.1, 0.15) is 43.3 Å². The molecule has 0 radical (unpaired) electrons. The number of hydrogen-bond donors (Lipinski definition) is 1. The summed E-state index contributed by atoms with van der Waals surface area (Å²) in [5.41, 5.74) is 5.54. The third kappa shape index (κ3) is 1.58. The standard InChI is InChI=1S/C9H16N4/c1-13-8(6-10)11-9(12-13)7-4-2-3-5-7/h7H,2-6,10H2,1H3. The van der Waals surface area contributed by atoms with E-state index < -0.39 is 0 Å². The molecule has 0 aromatic carbocycles. The van der Waals surface area contributed by atoms with Crippen LogP contribution in [0.15, 0.2) is 0 Å². The van der Waals surface area contributed by atoms with Crippen LogP contribution in [-0.2, 0) is 13.6 Å². The molecule has 0 bridgehead atoms. The van der Waals surface area contributed by atoms with E-state index in [-0.39, 0.29) is 0 Å². The highest BCUT2D eigenvalue weighted by Crippen LogP contribution is 2.31. The smallest absolute Gasteiger partial charge is 0.154 e. The topological polar surface area (TPSA) is 56.7 Å². The van der Waals surface area contributed by atoms with Crippen molar-refractivity contribution in [3.05, 3.63) is 11.6 Å². The molecular weight excluding hydrogens is 164 g/mol. The molecule has 0 unspecified atom stereocenters. The average molecular weight is 180 g/mol. The Balaban J connectivity index is 2.20. The highest BCUT2D eigenvalue weighted by atomic mass is 15.3. The highest BCUT2D eigenvalue weighted by molar-refractivity contribution is 5.00. The van der Waals surface area contributed by atoms with Crippen molar-refractivity contribution in [1.29, 1.82) is 0 Å². The Kier molecular flexibility index (Phi) is 2.31. The quantitative estimate of drug-likeness (QED) is 0.736. The first-order valence-corrected chi connectivity index (χ1v) is 4.91. The van der Waals surface area contributed by atoms with Crippen molar-refractivity contribution >= 4 is 0 Å². The summed E-state index contributed by atoms with van der Waals surface area (Å²) in [5.74, 6) is 2.48. The Hall–Kier alpha value is -0.900. The van der Waals surface area contributed by atoms with Gasteiger partial charge in [0.2, 0.25) is 0 Å². The van der Waals surface area contributed by atoms with Crippen molar-refractivity contribution in [1.82, 2.24) is 14.8 Å². The minimum absolute atomic E-state index is 0.482. The van der Waals surface area contributed by atoms with Crippen LogP contribution >= 0.6 is 0 Å². The lowest BCUT2D eigenvalue weighted by molar-refractivity contribution is 0.642. The van der Waals surface area contributed by atoms with Crippen molar-refractivity contribution < 1.29 is 0 Å². The number of nitrogens with two attached hydrogens (primary N) is 1.